The van der Waals surface area contributed by atoms with Crippen molar-refractivity contribution in [2.75, 3.05) is 13.7 Å². The first-order valence-corrected chi connectivity index (χ1v) is 12.0. The summed E-state index contributed by atoms with van der Waals surface area (Å²) in [5, 5.41) is 23.1. The van der Waals surface area contributed by atoms with E-state index in [1.165, 1.54) is 70.6 Å². The van der Waals surface area contributed by atoms with Gasteiger partial charge in [0.05, 0.1) is 25.9 Å². The molecule has 1 aromatic rings. The Bertz CT molecular complexity index is 530. The average molecular weight is 420 g/mol. The molecule has 0 saturated heterocycles. The van der Waals surface area contributed by atoms with Crippen molar-refractivity contribution in [1.82, 2.24) is 5.32 Å². The van der Waals surface area contributed by atoms with Crippen molar-refractivity contribution in [3.05, 3.63) is 42.0 Å². The molecule has 3 N–H and O–H groups in total. The summed E-state index contributed by atoms with van der Waals surface area (Å²) in [5.41, 5.74) is 1.09. The van der Waals surface area contributed by atoms with Crippen molar-refractivity contribution in [3.63, 3.8) is 0 Å². The second kappa shape index (κ2) is 18.4. The molecule has 0 aliphatic carbocycles. The van der Waals surface area contributed by atoms with Crippen LogP contribution in [0.25, 0.3) is 0 Å². The number of rotatable bonds is 19. The van der Waals surface area contributed by atoms with Crippen LogP contribution in [0.4, 0.5) is 0 Å². The fraction of sp³-hybridized carbons (Fsp3) is 0.692. The molecular formula is C26H45NO3. The first kappa shape index (κ1) is 26.7. The summed E-state index contributed by atoms with van der Waals surface area (Å²) in [4.78, 5) is 0. The van der Waals surface area contributed by atoms with Crippen molar-refractivity contribution in [2.45, 2.75) is 103 Å². The number of hydrogen-bond donors (Lipinski definition) is 3. The van der Waals surface area contributed by atoms with Gasteiger partial charge in [0.1, 0.15) is 5.75 Å². The SMILES string of the molecule is CCCCCCCCCCCCC/C=C/[C@H](O)[C@@H](CO)NCc1ccc(OC)cc1. The topological polar surface area (TPSA) is 61.7 Å². The third-order valence-electron chi connectivity index (χ3n) is 5.64. The number of allylic oxidation sites excluding steroid dienone is 1. The minimum atomic E-state index is -0.680. The number of hydrogen-bond acceptors (Lipinski definition) is 4. The molecule has 0 saturated carbocycles. The van der Waals surface area contributed by atoms with Crippen LogP contribution < -0.4 is 10.1 Å². The Morgan fingerprint density at radius 2 is 1.47 bits per heavy atom. The van der Waals surface area contributed by atoms with Gasteiger partial charge in [-0.2, -0.15) is 0 Å². The van der Waals surface area contributed by atoms with E-state index >= 15 is 0 Å². The highest BCUT2D eigenvalue weighted by Gasteiger charge is 2.14. The van der Waals surface area contributed by atoms with Crippen LogP contribution in [0.1, 0.15) is 89.5 Å². The normalized spacial score (nSPS) is 13.6. The molecule has 4 nitrogen and oxygen atoms in total. The second-order valence-corrected chi connectivity index (χ2v) is 8.26. The summed E-state index contributed by atoms with van der Waals surface area (Å²) in [6, 6.07) is 7.42. The van der Waals surface area contributed by atoms with Crippen LogP contribution >= 0.6 is 0 Å². The van der Waals surface area contributed by atoms with Crippen molar-refractivity contribution in [2.24, 2.45) is 0 Å². The zero-order chi connectivity index (χ0) is 21.9. The summed E-state index contributed by atoms with van der Waals surface area (Å²) in [7, 11) is 1.65. The minimum Gasteiger partial charge on any atom is -0.497 e. The second-order valence-electron chi connectivity index (χ2n) is 8.26. The molecule has 0 radical (unpaired) electrons. The number of aliphatic hydroxyl groups is 2. The lowest BCUT2D eigenvalue weighted by atomic mass is 10.0. The number of nitrogens with one attached hydrogen (secondary N) is 1. The molecule has 0 unspecified atom stereocenters. The van der Waals surface area contributed by atoms with E-state index in [1.54, 1.807) is 7.11 Å². The Balaban J connectivity index is 2.07. The molecule has 172 valence electrons. The molecule has 0 aliphatic heterocycles. The lowest BCUT2D eigenvalue weighted by Gasteiger charge is -2.20. The smallest absolute Gasteiger partial charge is 0.118 e. The fourth-order valence-corrected chi connectivity index (χ4v) is 3.58. The largest absolute Gasteiger partial charge is 0.497 e. The summed E-state index contributed by atoms with van der Waals surface area (Å²) in [6.07, 6.45) is 19.0. The van der Waals surface area contributed by atoms with Gasteiger partial charge in [0.2, 0.25) is 0 Å². The van der Waals surface area contributed by atoms with Gasteiger partial charge in [-0.3, -0.25) is 0 Å². The number of unbranched alkanes of at least 4 members (excludes halogenated alkanes) is 11. The van der Waals surface area contributed by atoms with Gasteiger partial charge in [-0.15, -0.1) is 0 Å². The van der Waals surface area contributed by atoms with Crippen molar-refractivity contribution in [1.29, 1.82) is 0 Å². The highest BCUT2D eigenvalue weighted by atomic mass is 16.5. The summed E-state index contributed by atoms with van der Waals surface area (Å²) in [5.74, 6) is 0.822. The van der Waals surface area contributed by atoms with Crippen molar-refractivity contribution in [3.8, 4) is 5.75 Å². The molecule has 2 atom stereocenters. The highest BCUT2D eigenvalue weighted by molar-refractivity contribution is 5.27. The highest BCUT2D eigenvalue weighted by Crippen LogP contribution is 2.13. The summed E-state index contributed by atoms with van der Waals surface area (Å²) < 4.78 is 5.16. The molecule has 0 aliphatic rings. The van der Waals surface area contributed by atoms with E-state index in [9.17, 15) is 10.2 Å². The molecule has 1 rings (SSSR count). The van der Waals surface area contributed by atoms with Crippen LogP contribution in [-0.4, -0.2) is 36.1 Å². The van der Waals surface area contributed by atoms with E-state index in [0.29, 0.717) is 6.54 Å². The Morgan fingerprint density at radius 3 is 2.00 bits per heavy atom. The van der Waals surface area contributed by atoms with Gasteiger partial charge in [-0.05, 0) is 30.5 Å². The van der Waals surface area contributed by atoms with Crippen molar-refractivity contribution >= 4 is 0 Å². The van der Waals surface area contributed by atoms with Crippen LogP contribution in [0, 0.1) is 0 Å². The number of benzene rings is 1. The van der Waals surface area contributed by atoms with Gasteiger partial charge < -0.3 is 20.3 Å². The molecule has 30 heavy (non-hydrogen) atoms. The van der Waals surface area contributed by atoms with Crippen LogP contribution in [0.2, 0.25) is 0 Å². The number of ether oxygens (including phenoxy) is 1. The van der Waals surface area contributed by atoms with Gasteiger partial charge >= 0.3 is 0 Å². The van der Waals surface area contributed by atoms with Gasteiger partial charge in [0.25, 0.3) is 0 Å². The Labute approximate surface area is 184 Å². The maximum absolute atomic E-state index is 10.3. The molecule has 0 fully saturated rings. The quantitative estimate of drug-likeness (QED) is 0.197. The maximum atomic E-state index is 10.3. The zero-order valence-corrected chi connectivity index (χ0v) is 19.3. The van der Waals surface area contributed by atoms with Crippen LogP contribution in [0.5, 0.6) is 5.75 Å². The first-order chi connectivity index (χ1) is 14.7. The van der Waals surface area contributed by atoms with Gasteiger partial charge in [0, 0.05) is 6.54 Å². The van der Waals surface area contributed by atoms with Gasteiger partial charge in [0.15, 0.2) is 0 Å². The fourth-order valence-electron chi connectivity index (χ4n) is 3.58. The van der Waals surface area contributed by atoms with Crippen LogP contribution in [0.3, 0.4) is 0 Å². The predicted molar refractivity (Wildman–Crippen MR) is 127 cm³/mol. The molecule has 0 amide bonds. The van der Waals surface area contributed by atoms with Crippen molar-refractivity contribution < 1.29 is 14.9 Å². The summed E-state index contributed by atoms with van der Waals surface area (Å²) in [6.45, 7) is 2.76. The lowest BCUT2D eigenvalue weighted by Crippen LogP contribution is -2.41. The molecule has 0 spiro atoms. The molecule has 0 aromatic heterocycles. The molecule has 0 bridgehead atoms. The van der Waals surface area contributed by atoms with E-state index in [0.717, 1.165) is 17.7 Å². The average Bonchev–Trinajstić information content (AvgIpc) is 2.77. The zero-order valence-electron chi connectivity index (χ0n) is 19.3. The third kappa shape index (κ3) is 13.0. The standard InChI is InChI=1S/C26H45NO3/c1-3-4-5-6-7-8-9-10-11-12-13-14-15-16-26(29)25(22-28)27-21-23-17-19-24(30-2)20-18-23/h15-20,25-29H,3-14,21-22H2,1-2H3/b16-15+/t25-,26+/m1/s1. The number of methoxy groups -OCH3 is 1. The number of aliphatic hydroxyl groups excluding tert-OH is 2. The Morgan fingerprint density at radius 1 is 0.900 bits per heavy atom. The minimum absolute atomic E-state index is 0.0971. The maximum Gasteiger partial charge on any atom is 0.118 e. The van der Waals surface area contributed by atoms with Gasteiger partial charge in [-0.1, -0.05) is 95.4 Å². The van der Waals surface area contributed by atoms with Crippen LogP contribution in [-0.2, 0) is 6.54 Å². The lowest BCUT2D eigenvalue weighted by molar-refractivity contribution is 0.122. The van der Waals surface area contributed by atoms with E-state index in [-0.39, 0.29) is 12.6 Å². The monoisotopic (exact) mass is 419 g/mol. The van der Waals surface area contributed by atoms with E-state index in [4.69, 9.17) is 4.74 Å². The predicted octanol–water partition coefficient (Wildman–Crippen LogP) is 5.76. The molecular weight excluding hydrogens is 374 g/mol. The van der Waals surface area contributed by atoms with E-state index < -0.39 is 6.10 Å². The molecule has 4 heteroatoms. The molecule has 1 aromatic carbocycles. The van der Waals surface area contributed by atoms with E-state index in [2.05, 4.69) is 18.3 Å². The molecule has 0 heterocycles. The first-order valence-electron chi connectivity index (χ1n) is 12.0. The Hall–Kier alpha value is -1.36. The van der Waals surface area contributed by atoms with Gasteiger partial charge in [-0.25, -0.2) is 0 Å². The van der Waals surface area contributed by atoms with Crippen LogP contribution in [0.15, 0.2) is 36.4 Å². The van der Waals surface area contributed by atoms with E-state index in [1.807, 2.05) is 30.3 Å². The third-order valence-corrected chi connectivity index (χ3v) is 5.64. The summed E-state index contributed by atoms with van der Waals surface area (Å²) >= 11 is 0. The Kier molecular flexibility index (Phi) is 16.4.